The van der Waals surface area contributed by atoms with E-state index < -0.39 is 0 Å². The van der Waals surface area contributed by atoms with Gasteiger partial charge in [0.15, 0.2) is 0 Å². The van der Waals surface area contributed by atoms with E-state index in [1.807, 2.05) is 39.0 Å². The van der Waals surface area contributed by atoms with Crippen LogP contribution in [0.1, 0.15) is 29.5 Å². The minimum absolute atomic E-state index is 0.686. The van der Waals surface area contributed by atoms with E-state index in [2.05, 4.69) is 17.4 Å². The van der Waals surface area contributed by atoms with Crippen molar-refractivity contribution in [3.05, 3.63) is 40.8 Å². The summed E-state index contributed by atoms with van der Waals surface area (Å²) in [5.74, 6) is 1.77. The van der Waals surface area contributed by atoms with Gasteiger partial charge in [-0.05, 0) is 51.5 Å². The molecule has 1 N–H and O–H groups in total. The average molecular weight is 260 g/mol. The Hall–Kier alpha value is -1.97. The Bertz CT molecular complexity index is 542. The molecule has 0 bridgehead atoms. The molecule has 19 heavy (non-hydrogen) atoms. The van der Waals surface area contributed by atoms with Crippen LogP contribution >= 0.6 is 0 Å². The molecule has 0 aliphatic rings. The molecule has 4 heteroatoms. The van der Waals surface area contributed by atoms with Gasteiger partial charge in [0, 0.05) is 17.8 Å². The summed E-state index contributed by atoms with van der Waals surface area (Å²) in [4.78, 5) is 0. The molecule has 0 atom stereocenters. The van der Waals surface area contributed by atoms with Crippen LogP contribution in [-0.2, 0) is 6.54 Å². The van der Waals surface area contributed by atoms with E-state index in [-0.39, 0.29) is 0 Å². The van der Waals surface area contributed by atoms with Crippen LogP contribution in [0.2, 0.25) is 0 Å². The van der Waals surface area contributed by atoms with E-state index in [9.17, 15) is 0 Å². The number of hydrogen-bond donors (Lipinski definition) is 1. The minimum atomic E-state index is 0.686. The largest absolute Gasteiger partial charge is 0.494 e. The van der Waals surface area contributed by atoms with Crippen molar-refractivity contribution in [1.82, 2.24) is 5.16 Å². The monoisotopic (exact) mass is 260 g/mol. The molecule has 0 saturated heterocycles. The molecule has 0 fully saturated rings. The highest BCUT2D eigenvalue weighted by Gasteiger charge is 2.09. The lowest BCUT2D eigenvalue weighted by Gasteiger charge is -2.11. The fourth-order valence-electron chi connectivity index (χ4n) is 2.03. The number of aromatic nitrogens is 1. The lowest BCUT2D eigenvalue weighted by Crippen LogP contribution is -2.03. The first-order valence-electron chi connectivity index (χ1n) is 6.51. The van der Waals surface area contributed by atoms with Crippen LogP contribution in [0.15, 0.2) is 22.7 Å². The number of hydrogen-bond acceptors (Lipinski definition) is 4. The molecule has 1 aromatic heterocycles. The summed E-state index contributed by atoms with van der Waals surface area (Å²) in [6.07, 6.45) is 0. The van der Waals surface area contributed by atoms with Gasteiger partial charge < -0.3 is 14.6 Å². The Morgan fingerprint density at radius 3 is 2.63 bits per heavy atom. The van der Waals surface area contributed by atoms with Crippen LogP contribution in [0.3, 0.4) is 0 Å². The third-order valence-electron chi connectivity index (χ3n) is 3.15. The second-order valence-electron chi connectivity index (χ2n) is 4.57. The highest BCUT2D eigenvalue weighted by atomic mass is 16.5. The number of anilines is 1. The fourth-order valence-corrected chi connectivity index (χ4v) is 2.03. The van der Waals surface area contributed by atoms with Gasteiger partial charge in [-0.3, -0.25) is 0 Å². The van der Waals surface area contributed by atoms with Gasteiger partial charge in [-0.2, -0.15) is 0 Å². The first-order valence-corrected chi connectivity index (χ1v) is 6.51. The van der Waals surface area contributed by atoms with Crippen LogP contribution in [0.25, 0.3) is 0 Å². The molecular weight excluding hydrogens is 240 g/mol. The topological polar surface area (TPSA) is 47.3 Å². The van der Waals surface area contributed by atoms with E-state index in [1.54, 1.807) is 0 Å². The van der Waals surface area contributed by atoms with Crippen LogP contribution in [0, 0.1) is 20.8 Å². The molecule has 2 rings (SSSR count). The van der Waals surface area contributed by atoms with Gasteiger partial charge in [-0.25, -0.2) is 0 Å². The summed E-state index contributed by atoms with van der Waals surface area (Å²) in [5, 5.41) is 7.37. The minimum Gasteiger partial charge on any atom is -0.494 e. The lowest BCUT2D eigenvalue weighted by atomic mass is 10.1. The standard InChI is InChI=1S/C15H20N2O2/c1-5-18-13-6-7-15(10(2)8-13)16-9-14-11(3)17-19-12(14)4/h6-8,16H,5,9H2,1-4H3. The molecule has 0 spiro atoms. The predicted octanol–water partition coefficient (Wildman–Crippen LogP) is 3.61. The van der Waals surface area contributed by atoms with Crippen molar-refractivity contribution in [2.45, 2.75) is 34.2 Å². The lowest BCUT2D eigenvalue weighted by molar-refractivity contribution is 0.340. The van der Waals surface area contributed by atoms with Crippen molar-refractivity contribution in [1.29, 1.82) is 0 Å². The molecule has 0 aliphatic carbocycles. The fraction of sp³-hybridized carbons (Fsp3) is 0.400. The number of nitrogens with one attached hydrogen (secondary N) is 1. The molecule has 4 nitrogen and oxygen atoms in total. The van der Waals surface area contributed by atoms with Gasteiger partial charge in [0.25, 0.3) is 0 Å². The molecule has 0 amide bonds. The van der Waals surface area contributed by atoms with Crippen LogP contribution in [0.5, 0.6) is 5.75 Å². The summed E-state index contributed by atoms with van der Waals surface area (Å²) in [6.45, 7) is 9.35. The maximum Gasteiger partial charge on any atom is 0.138 e. The molecule has 0 unspecified atom stereocenters. The van der Waals surface area contributed by atoms with Crippen molar-refractivity contribution in [3.8, 4) is 5.75 Å². The first kappa shape index (κ1) is 13.5. The van der Waals surface area contributed by atoms with Crippen molar-refractivity contribution >= 4 is 5.69 Å². The third kappa shape index (κ3) is 3.08. The van der Waals surface area contributed by atoms with E-state index >= 15 is 0 Å². The molecule has 102 valence electrons. The Kier molecular flexibility index (Phi) is 4.10. The zero-order valence-electron chi connectivity index (χ0n) is 11.9. The smallest absolute Gasteiger partial charge is 0.138 e. The van der Waals surface area contributed by atoms with Crippen molar-refractivity contribution in [2.24, 2.45) is 0 Å². The first-order chi connectivity index (χ1) is 9.11. The molecule has 0 aliphatic heterocycles. The summed E-state index contributed by atoms with van der Waals surface area (Å²) < 4.78 is 10.6. The summed E-state index contributed by atoms with van der Waals surface area (Å²) in [6, 6.07) is 6.06. The SMILES string of the molecule is CCOc1ccc(NCc2c(C)noc2C)c(C)c1. The Labute approximate surface area is 113 Å². The van der Waals surface area contributed by atoms with Crippen molar-refractivity contribution in [2.75, 3.05) is 11.9 Å². The average Bonchev–Trinajstić information content (AvgIpc) is 2.69. The molecular formula is C15H20N2O2. The maximum absolute atomic E-state index is 5.48. The van der Waals surface area contributed by atoms with E-state index in [1.165, 1.54) is 0 Å². The van der Waals surface area contributed by atoms with Crippen LogP contribution in [-0.4, -0.2) is 11.8 Å². The predicted molar refractivity (Wildman–Crippen MR) is 75.7 cm³/mol. The summed E-state index contributed by atoms with van der Waals surface area (Å²) in [5.41, 5.74) is 4.32. The molecule has 1 aromatic carbocycles. The van der Waals surface area contributed by atoms with Gasteiger partial charge >= 0.3 is 0 Å². The van der Waals surface area contributed by atoms with E-state index in [0.717, 1.165) is 40.6 Å². The normalized spacial score (nSPS) is 10.5. The van der Waals surface area contributed by atoms with E-state index in [0.29, 0.717) is 6.61 Å². The number of benzene rings is 1. The number of rotatable bonds is 5. The zero-order chi connectivity index (χ0) is 13.8. The Morgan fingerprint density at radius 1 is 1.26 bits per heavy atom. The van der Waals surface area contributed by atoms with Gasteiger partial charge in [-0.1, -0.05) is 5.16 Å². The Balaban J connectivity index is 2.08. The van der Waals surface area contributed by atoms with Crippen molar-refractivity contribution in [3.63, 3.8) is 0 Å². The van der Waals surface area contributed by atoms with Crippen LogP contribution in [0.4, 0.5) is 5.69 Å². The van der Waals surface area contributed by atoms with Gasteiger partial charge in [0.05, 0.1) is 12.3 Å². The maximum atomic E-state index is 5.48. The zero-order valence-corrected chi connectivity index (χ0v) is 11.9. The van der Waals surface area contributed by atoms with E-state index in [4.69, 9.17) is 9.26 Å². The third-order valence-corrected chi connectivity index (χ3v) is 3.15. The molecule has 2 aromatic rings. The van der Waals surface area contributed by atoms with Gasteiger partial charge in [0.1, 0.15) is 11.5 Å². The molecule has 1 heterocycles. The Morgan fingerprint density at radius 2 is 2.05 bits per heavy atom. The van der Waals surface area contributed by atoms with Gasteiger partial charge in [-0.15, -0.1) is 0 Å². The summed E-state index contributed by atoms with van der Waals surface area (Å²) >= 11 is 0. The second-order valence-corrected chi connectivity index (χ2v) is 4.57. The number of nitrogens with zero attached hydrogens (tertiary/aromatic N) is 1. The van der Waals surface area contributed by atoms with Crippen molar-refractivity contribution < 1.29 is 9.26 Å². The molecule has 0 radical (unpaired) electrons. The van der Waals surface area contributed by atoms with Gasteiger partial charge in [0.2, 0.25) is 0 Å². The highest BCUT2D eigenvalue weighted by Crippen LogP contribution is 2.23. The number of aryl methyl sites for hydroxylation is 3. The summed E-state index contributed by atoms with van der Waals surface area (Å²) in [7, 11) is 0. The quantitative estimate of drug-likeness (QED) is 0.892. The van der Waals surface area contributed by atoms with Crippen LogP contribution < -0.4 is 10.1 Å². The highest BCUT2D eigenvalue weighted by molar-refractivity contribution is 5.54. The second kappa shape index (κ2) is 5.78. The molecule has 0 saturated carbocycles. The number of ether oxygens (including phenoxy) is 1.